The van der Waals surface area contributed by atoms with Crippen molar-refractivity contribution in [3.8, 4) is 6.07 Å². The van der Waals surface area contributed by atoms with Crippen molar-refractivity contribution in [1.82, 2.24) is 19.8 Å². The van der Waals surface area contributed by atoms with Gasteiger partial charge in [-0.1, -0.05) is 20.8 Å². The minimum atomic E-state index is 0.156. The molecule has 3 rings (SSSR count). The van der Waals surface area contributed by atoms with Gasteiger partial charge in [0.25, 0.3) is 0 Å². The Balaban J connectivity index is 1.61. The molecule has 0 bridgehead atoms. The number of anilines is 1. The number of aromatic nitrogens is 2. The van der Waals surface area contributed by atoms with Gasteiger partial charge < -0.3 is 10.2 Å². The highest BCUT2D eigenvalue weighted by molar-refractivity contribution is 5.44. The van der Waals surface area contributed by atoms with Crippen molar-refractivity contribution in [2.24, 2.45) is 5.41 Å². The Kier molecular flexibility index (Phi) is 6.10. The van der Waals surface area contributed by atoms with E-state index >= 15 is 0 Å². The fourth-order valence-electron chi connectivity index (χ4n) is 3.87. The van der Waals surface area contributed by atoms with Crippen LogP contribution in [0.2, 0.25) is 0 Å². The van der Waals surface area contributed by atoms with E-state index < -0.39 is 0 Å². The first-order valence-corrected chi connectivity index (χ1v) is 9.91. The van der Waals surface area contributed by atoms with Gasteiger partial charge in [0.05, 0.1) is 0 Å². The SMILES string of the molecule is CC(C)(C)CNc1nc(C#N)ncc1CN1CCC(N2CCCC2)CC1. The maximum Gasteiger partial charge on any atom is 0.234 e. The predicted molar refractivity (Wildman–Crippen MR) is 104 cm³/mol. The summed E-state index contributed by atoms with van der Waals surface area (Å²) < 4.78 is 0. The summed E-state index contributed by atoms with van der Waals surface area (Å²) in [7, 11) is 0. The second kappa shape index (κ2) is 8.32. The van der Waals surface area contributed by atoms with E-state index in [0.717, 1.165) is 43.6 Å². The molecule has 0 unspecified atom stereocenters. The van der Waals surface area contributed by atoms with Gasteiger partial charge in [-0.3, -0.25) is 4.90 Å². The molecule has 0 aromatic carbocycles. The summed E-state index contributed by atoms with van der Waals surface area (Å²) in [6.45, 7) is 13.1. The van der Waals surface area contributed by atoms with Crippen LogP contribution in [0.15, 0.2) is 6.20 Å². The van der Waals surface area contributed by atoms with Gasteiger partial charge >= 0.3 is 0 Å². The molecule has 2 fully saturated rings. The zero-order valence-corrected chi connectivity index (χ0v) is 16.5. The molecule has 2 saturated heterocycles. The number of hydrogen-bond donors (Lipinski definition) is 1. The molecule has 0 atom stereocenters. The third-order valence-electron chi connectivity index (χ3n) is 5.36. The van der Waals surface area contributed by atoms with Gasteiger partial charge in [0, 0.05) is 30.9 Å². The summed E-state index contributed by atoms with van der Waals surface area (Å²) >= 11 is 0. The molecule has 142 valence electrons. The molecule has 2 aliphatic heterocycles. The summed E-state index contributed by atoms with van der Waals surface area (Å²) in [6.07, 6.45) is 7.06. The summed E-state index contributed by atoms with van der Waals surface area (Å²) in [5.41, 5.74) is 1.25. The first-order valence-electron chi connectivity index (χ1n) is 9.91. The number of nitriles is 1. The highest BCUT2D eigenvalue weighted by Crippen LogP contribution is 2.24. The smallest absolute Gasteiger partial charge is 0.234 e. The van der Waals surface area contributed by atoms with E-state index in [1.807, 2.05) is 6.20 Å². The molecule has 0 saturated carbocycles. The van der Waals surface area contributed by atoms with Crippen LogP contribution in [0.3, 0.4) is 0 Å². The van der Waals surface area contributed by atoms with Crippen LogP contribution in [-0.4, -0.2) is 58.5 Å². The fourth-order valence-corrected chi connectivity index (χ4v) is 3.87. The average molecular weight is 357 g/mol. The standard InChI is InChI=1S/C20H32N6/c1-20(2,3)15-23-19-16(13-22-18(12-21)24-19)14-25-10-6-17(7-11-25)26-8-4-5-9-26/h13,17H,4-11,14-15H2,1-3H3,(H,22,23,24). The van der Waals surface area contributed by atoms with Gasteiger partial charge in [-0.2, -0.15) is 5.26 Å². The second-order valence-corrected chi connectivity index (χ2v) is 8.84. The summed E-state index contributed by atoms with van der Waals surface area (Å²) in [4.78, 5) is 13.8. The van der Waals surface area contributed by atoms with Crippen LogP contribution < -0.4 is 5.32 Å². The molecule has 3 heterocycles. The largest absolute Gasteiger partial charge is 0.369 e. The number of rotatable bonds is 5. The Hall–Kier alpha value is -1.71. The van der Waals surface area contributed by atoms with E-state index in [0.29, 0.717) is 0 Å². The first kappa shape index (κ1) is 19.1. The average Bonchev–Trinajstić information content (AvgIpc) is 3.15. The van der Waals surface area contributed by atoms with E-state index in [1.54, 1.807) is 0 Å². The van der Waals surface area contributed by atoms with Crippen molar-refractivity contribution in [1.29, 1.82) is 5.26 Å². The molecule has 1 aromatic heterocycles. The predicted octanol–water partition coefficient (Wildman–Crippen LogP) is 2.87. The molecule has 0 amide bonds. The number of hydrogen-bond acceptors (Lipinski definition) is 6. The van der Waals surface area contributed by atoms with Gasteiger partial charge in [0.1, 0.15) is 11.9 Å². The molecule has 0 spiro atoms. The van der Waals surface area contributed by atoms with Gasteiger partial charge in [-0.05, 0) is 57.3 Å². The van der Waals surface area contributed by atoms with E-state index in [2.05, 4.69) is 51.9 Å². The van der Waals surface area contributed by atoms with Crippen LogP contribution in [0.4, 0.5) is 5.82 Å². The van der Waals surface area contributed by atoms with E-state index in [4.69, 9.17) is 5.26 Å². The van der Waals surface area contributed by atoms with E-state index in [-0.39, 0.29) is 11.2 Å². The fraction of sp³-hybridized carbons (Fsp3) is 0.750. The van der Waals surface area contributed by atoms with Crippen LogP contribution in [0.25, 0.3) is 0 Å². The molecule has 1 N–H and O–H groups in total. The van der Waals surface area contributed by atoms with Crippen molar-refractivity contribution in [3.05, 3.63) is 17.6 Å². The van der Waals surface area contributed by atoms with Gasteiger partial charge in [-0.15, -0.1) is 0 Å². The van der Waals surface area contributed by atoms with Crippen molar-refractivity contribution >= 4 is 5.82 Å². The zero-order chi connectivity index (χ0) is 18.6. The molecule has 0 radical (unpaired) electrons. The minimum absolute atomic E-state index is 0.156. The molecule has 1 aromatic rings. The van der Waals surface area contributed by atoms with E-state index in [1.165, 1.54) is 38.8 Å². The maximum absolute atomic E-state index is 9.12. The number of likely N-dealkylation sites (tertiary alicyclic amines) is 2. The summed E-state index contributed by atoms with van der Waals surface area (Å²) in [5.74, 6) is 1.05. The van der Waals surface area contributed by atoms with Crippen LogP contribution in [0.1, 0.15) is 57.8 Å². The lowest BCUT2D eigenvalue weighted by atomic mass is 9.97. The Morgan fingerprint density at radius 3 is 2.50 bits per heavy atom. The maximum atomic E-state index is 9.12. The van der Waals surface area contributed by atoms with Gasteiger partial charge in [-0.25, -0.2) is 9.97 Å². The lowest BCUT2D eigenvalue weighted by Crippen LogP contribution is -2.43. The van der Waals surface area contributed by atoms with Crippen molar-refractivity contribution in [3.63, 3.8) is 0 Å². The van der Waals surface area contributed by atoms with Crippen LogP contribution >= 0.6 is 0 Å². The van der Waals surface area contributed by atoms with Gasteiger partial charge in [0.2, 0.25) is 5.82 Å². The highest BCUT2D eigenvalue weighted by atomic mass is 15.2. The van der Waals surface area contributed by atoms with Crippen molar-refractivity contribution in [2.45, 2.75) is 59.0 Å². The van der Waals surface area contributed by atoms with Crippen LogP contribution in [-0.2, 0) is 6.54 Å². The monoisotopic (exact) mass is 356 g/mol. The molecule has 0 aliphatic carbocycles. The summed E-state index contributed by atoms with van der Waals surface area (Å²) in [6, 6.07) is 2.82. The Labute approximate surface area is 157 Å². The first-order chi connectivity index (χ1) is 12.4. The Morgan fingerprint density at radius 2 is 1.88 bits per heavy atom. The molecular formula is C20H32N6. The van der Waals surface area contributed by atoms with Crippen molar-refractivity contribution < 1.29 is 0 Å². The third kappa shape index (κ3) is 5.15. The van der Waals surface area contributed by atoms with Crippen LogP contribution in [0, 0.1) is 16.7 Å². The summed E-state index contributed by atoms with van der Waals surface area (Å²) in [5, 5.41) is 12.6. The lowest BCUT2D eigenvalue weighted by Gasteiger charge is -2.36. The molecule has 6 nitrogen and oxygen atoms in total. The quantitative estimate of drug-likeness (QED) is 0.875. The third-order valence-corrected chi connectivity index (χ3v) is 5.36. The topological polar surface area (TPSA) is 68.1 Å². The normalized spacial score (nSPS) is 20.2. The van der Waals surface area contributed by atoms with E-state index in [9.17, 15) is 0 Å². The molecule has 2 aliphatic rings. The molecular weight excluding hydrogens is 324 g/mol. The Morgan fingerprint density at radius 1 is 1.19 bits per heavy atom. The minimum Gasteiger partial charge on any atom is -0.369 e. The van der Waals surface area contributed by atoms with Crippen molar-refractivity contribution in [2.75, 3.05) is 38.0 Å². The molecule has 6 heteroatoms. The number of nitrogens with zero attached hydrogens (tertiary/aromatic N) is 5. The number of piperidine rings is 1. The highest BCUT2D eigenvalue weighted by Gasteiger charge is 2.26. The van der Waals surface area contributed by atoms with Gasteiger partial charge in [0.15, 0.2) is 0 Å². The van der Waals surface area contributed by atoms with Crippen LogP contribution in [0.5, 0.6) is 0 Å². The lowest BCUT2D eigenvalue weighted by molar-refractivity contribution is 0.122. The Bertz CT molecular complexity index is 631. The number of nitrogens with one attached hydrogen (secondary N) is 1. The molecule has 26 heavy (non-hydrogen) atoms. The second-order valence-electron chi connectivity index (χ2n) is 8.84. The zero-order valence-electron chi connectivity index (χ0n) is 16.5.